The summed E-state index contributed by atoms with van der Waals surface area (Å²) < 4.78 is 2.15. The van der Waals surface area contributed by atoms with Gasteiger partial charge in [-0.05, 0) is 30.3 Å². The van der Waals surface area contributed by atoms with Crippen molar-refractivity contribution in [1.82, 2.24) is 4.57 Å². The first-order valence-electron chi connectivity index (χ1n) is 6.86. The fourth-order valence-electron chi connectivity index (χ4n) is 2.44. The second-order valence-corrected chi connectivity index (χ2v) is 5.99. The number of benzene rings is 2. The number of carbonyl (C=O) groups is 1. The van der Waals surface area contributed by atoms with Gasteiger partial charge in [-0.2, -0.15) is 0 Å². The molecule has 6 heteroatoms. The predicted molar refractivity (Wildman–Crippen MR) is 92.9 cm³/mol. The normalized spacial score (nSPS) is 10.7. The highest BCUT2D eigenvalue weighted by Crippen LogP contribution is 2.26. The summed E-state index contributed by atoms with van der Waals surface area (Å²) in [5, 5.41) is 13.5. The molecule has 23 heavy (non-hydrogen) atoms. The molecule has 3 aromatic rings. The van der Waals surface area contributed by atoms with Crippen LogP contribution in [0.1, 0.15) is 10.4 Å². The van der Waals surface area contributed by atoms with Crippen LogP contribution in [0.5, 0.6) is 5.75 Å². The van der Waals surface area contributed by atoms with Crippen LogP contribution < -0.4 is 10.9 Å². The van der Waals surface area contributed by atoms with Crippen LogP contribution in [0, 0.1) is 0 Å². The van der Waals surface area contributed by atoms with Crippen LogP contribution in [-0.4, -0.2) is 15.6 Å². The van der Waals surface area contributed by atoms with Crippen LogP contribution in [0.2, 0.25) is 0 Å². The third kappa shape index (κ3) is 2.73. The van der Waals surface area contributed by atoms with Gasteiger partial charge in [0, 0.05) is 22.6 Å². The lowest BCUT2D eigenvalue weighted by molar-refractivity contribution is 0.102. The number of aromatic nitrogens is 1. The SMILES string of the molecule is Cn1c(=O)c(C(=O)Nc2cccc(Br)c2)c(O)c2ccccc21. The molecule has 1 heterocycles. The van der Waals surface area contributed by atoms with Crippen molar-refractivity contribution in [1.29, 1.82) is 0 Å². The highest BCUT2D eigenvalue weighted by molar-refractivity contribution is 9.10. The minimum atomic E-state index is -0.646. The number of fused-ring (bicyclic) bond motifs is 1. The number of nitrogens with zero attached hydrogens (tertiary/aromatic N) is 1. The van der Waals surface area contributed by atoms with Crippen molar-refractivity contribution in [2.45, 2.75) is 0 Å². The summed E-state index contributed by atoms with van der Waals surface area (Å²) in [5.74, 6) is -0.955. The fraction of sp³-hybridized carbons (Fsp3) is 0.0588. The number of pyridine rings is 1. The van der Waals surface area contributed by atoms with Crippen LogP contribution in [0.15, 0.2) is 57.8 Å². The highest BCUT2D eigenvalue weighted by Gasteiger charge is 2.21. The molecule has 0 aliphatic heterocycles. The molecule has 0 fully saturated rings. The van der Waals surface area contributed by atoms with Gasteiger partial charge in [0.15, 0.2) is 0 Å². The Bertz CT molecular complexity index is 979. The van der Waals surface area contributed by atoms with E-state index >= 15 is 0 Å². The number of rotatable bonds is 2. The summed E-state index contributed by atoms with van der Waals surface area (Å²) in [6.45, 7) is 0. The van der Waals surface area contributed by atoms with Crippen LogP contribution >= 0.6 is 15.9 Å². The molecule has 2 N–H and O–H groups in total. The Kier molecular flexibility index (Phi) is 3.92. The van der Waals surface area contributed by atoms with Gasteiger partial charge < -0.3 is 15.0 Å². The third-order valence-electron chi connectivity index (χ3n) is 3.59. The van der Waals surface area contributed by atoms with Crippen molar-refractivity contribution >= 4 is 38.4 Å². The van der Waals surface area contributed by atoms with E-state index in [2.05, 4.69) is 21.2 Å². The van der Waals surface area contributed by atoms with Gasteiger partial charge in [0.05, 0.1) is 5.52 Å². The topological polar surface area (TPSA) is 71.3 Å². The number of amides is 1. The smallest absolute Gasteiger partial charge is 0.267 e. The maximum Gasteiger partial charge on any atom is 0.267 e. The quantitative estimate of drug-likeness (QED) is 0.725. The molecule has 1 amide bonds. The first-order valence-corrected chi connectivity index (χ1v) is 7.66. The van der Waals surface area contributed by atoms with E-state index in [9.17, 15) is 14.7 Å². The molecule has 3 rings (SSSR count). The number of para-hydroxylation sites is 1. The lowest BCUT2D eigenvalue weighted by Gasteiger charge is -2.12. The summed E-state index contributed by atoms with van der Waals surface area (Å²) >= 11 is 3.31. The molecule has 0 saturated heterocycles. The number of halogens is 1. The molecule has 0 atom stereocenters. The zero-order valence-electron chi connectivity index (χ0n) is 12.2. The molecule has 0 aliphatic carbocycles. The Morgan fingerprint density at radius 2 is 1.91 bits per heavy atom. The average molecular weight is 373 g/mol. The lowest BCUT2D eigenvalue weighted by atomic mass is 10.1. The van der Waals surface area contributed by atoms with E-state index in [1.807, 2.05) is 6.07 Å². The van der Waals surface area contributed by atoms with E-state index in [1.165, 1.54) is 4.57 Å². The average Bonchev–Trinajstić information content (AvgIpc) is 2.53. The number of hydrogen-bond acceptors (Lipinski definition) is 3. The van der Waals surface area contributed by atoms with E-state index in [4.69, 9.17) is 0 Å². The minimum Gasteiger partial charge on any atom is -0.506 e. The van der Waals surface area contributed by atoms with Crippen LogP contribution in [0.4, 0.5) is 5.69 Å². The Morgan fingerprint density at radius 1 is 1.17 bits per heavy atom. The Hall–Kier alpha value is -2.60. The van der Waals surface area contributed by atoms with Crippen molar-refractivity contribution < 1.29 is 9.90 Å². The van der Waals surface area contributed by atoms with Crippen LogP contribution in [0.3, 0.4) is 0 Å². The maximum absolute atomic E-state index is 12.5. The molecular weight excluding hydrogens is 360 g/mol. The fourth-order valence-corrected chi connectivity index (χ4v) is 2.84. The first-order chi connectivity index (χ1) is 11.0. The van der Waals surface area contributed by atoms with E-state index < -0.39 is 11.5 Å². The van der Waals surface area contributed by atoms with E-state index in [0.29, 0.717) is 16.6 Å². The van der Waals surface area contributed by atoms with Gasteiger partial charge in [-0.25, -0.2) is 0 Å². The van der Waals surface area contributed by atoms with Gasteiger partial charge in [0.2, 0.25) is 0 Å². The predicted octanol–water partition coefficient (Wildman–Crippen LogP) is 3.26. The van der Waals surface area contributed by atoms with Crippen molar-refractivity contribution in [2.24, 2.45) is 7.05 Å². The summed E-state index contributed by atoms with van der Waals surface area (Å²) in [6, 6.07) is 13.9. The molecule has 5 nitrogen and oxygen atoms in total. The minimum absolute atomic E-state index is 0.272. The van der Waals surface area contributed by atoms with Gasteiger partial charge in [0.1, 0.15) is 11.3 Å². The number of nitrogens with one attached hydrogen (secondary N) is 1. The second-order valence-electron chi connectivity index (χ2n) is 5.07. The Morgan fingerprint density at radius 3 is 2.65 bits per heavy atom. The van der Waals surface area contributed by atoms with Crippen molar-refractivity contribution in [3.8, 4) is 5.75 Å². The van der Waals surface area contributed by atoms with Gasteiger partial charge in [-0.1, -0.05) is 34.1 Å². The summed E-state index contributed by atoms with van der Waals surface area (Å²) in [4.78, 5) is 24.9. The van der Waals surface area contributed by atoms with Gasteiger partial charge in [-0.15, -0.1) is 0 Å². The van der Waals surface area contributed by atoms with E-state index in [1.54, 1.807) is 49.5 Å². The van der Waals surface area contributed by atoms with Crippen LogP contribution in [0.25, 0.3) is 10.9 Å². The number of aryl methyl sites for hydroxylation is 1. The summed E-state index contributed by atoms with van der Waals surface area (Å²) in [7, 11) is 1.57. The molecule has 0 saturated carbocycles. The molecule has 0 aliphatic rings. The number of hydrogen-bond donors (Lipinski definition) is 2. The van der Waals surface area contributed by atoms with Crippen molar-refractivity contribution in [3.05, 3.63) is 68.9 Å². The molecule has 0 bridgehead atoms. The highest BCUT2D eigenvalue weighted by atomic mass is 79.9. The van der Waals surface area contributed by atoms with E-state index in [0.717, 1.165) is 4.47 Å². The Labute approximate surface area is 140 Å². The molecule has 0 spiro atoms. The second kappa shape index (κ2) is 5.89. The molecule has 2 aromatic carbocycles. The van der Waals surface area contributed by atoms with Gasteiger partial charge in [-0.3, -0.25) is 9.59 Å². The largest absolute Gasteiger partial charge is 0.506 e. The Balaban J connectivity index is 2.12. The number of carbonyl (C=O) groups excluding carboxylic acids is 1. The molecule has 116 valence electrons. The van der Waals surface area contributed by atoms with Crippen molar-refractivity contribution in [3.63, 3.8) is 0 Å². The van der Waals surface area contributed by atoms with Gasteiger partial charge >= 0.3 is 0 Å². The maximum atomic E-state index is 12.5. The zero-order chi connectivity index (χ0) is 16.6. The van der Waals surface area contributed by atoms with Gasteiger partial charge in [0.25, 0.3) is 11.5 Å². The number of aromatic hydroxyl groups is 1. The molecule has 0 unspecified atom stereocenters. The number of anilines is 1. The zero-order valence-corrected chi connectivity index (χ0v) is 13.8. The summed E-state index contributed by atoms with van der Waals surface area (Å²) in [5.41, 5.74) is 0.271. The molecular formula is C17H13BrN2O3. The van der Waals surface area contributed by atoms with E-state index in [-0.39, 0.29) is 11.3 Å². The molecule has 0 radical (unpaired) electrons. The first kappa shape index (κ1) is 15.3. The van der Waals surface area contributed by atoms with Crippen molar-refractivity contribution in [2.75, 3.05) is 5.32 Å². The summed E-state index contributed by atoms with van der Waals surface area (Å²) in [6.07, 6.45) is 0. The molecule has 1 aromatic heterocycles. The third-order valence-corrected chi connectivity index (χ3v) is 4.08. The van der Waals surface area contributed by atoms with Crippen LogP contribution in [-0.2, 0) is 7.05 Å². The standard InChI is InChI=1S/C17H13BrN2O3/c1-20-13-8-3-2-7-12(13)15(21)14(17(20)23)16(22)19-11-6-4-5-10(18)9-11/h2-9,21H,1H3,(H,19,22). The lowest BCUT2D eigenvalue weighted by Crippen LogP contribution is -2.28. The monoisotopic (exact) mass is 372 g/mol.